The van der Waals surface area contributed by atoms with Gasteiger partial charge < -0.3 is 15.0 Å². The molecule has 1 aliphatic rings. The van der Waals surface area contributed by atoms with E-state index in [0.717, 1.165) is 13.1 Å². The fourth-order valence-electron chi connectivity index (χ4n) is 2.74. The lowest BCUT2D eigenvalue weighted by Gasteiger charge is -2.34. The smallest absolute Gasteiger partial charge is 0.252 e. The Labute approximate surface area is 150 Å². The van der Waals surface area contributed by atoms with Crippen molar-refractivity contribution < 1.29 is 14.3 Å². The van der Waals surface area contributed by atoms with E-state index >= 15 is 0 Å². The Morgan fingerprint density at radius 1 is 1.32 bits per heavy atom. The number of nitrogens with one attached hydrogen (secondary N) is 1. The molecule has 0 radical (unpaired) electrons. The van der Waals surface area contributed by atoms with Crippen LogP contribution in [0.15, 0.2) is 30.3 Å². The molecule has 0 aliphatic carbocycles. The minimum atomic E-state index is -0.441. The number of amides is 2. The summed E-state index contributed by atoms with van der Waals surface area (Å²) in [6.45, 7) is 7.44. The molecule has 1 N–H and O–H groups in total. The SMILES string of the molecule is CC(C)C(=O)NCCN(C)C(=O)C1CN(Cc2ccccc2)CCO1. The molecule has 1 unspecified atom stereocenters. The van der Waals surface area contributed by atoms with Crippen molar-refractivity contribution in [2.75, 3.05) is 39.8 Å². The minimum Gasteiger partial charge on any atom is -0.366 e. The molecular weight excluding hydrogens is 318 g/mol. The van der Waals surface area contributed by atoms with Crippen molar-refractivity contribution in [2.45, 2.75) is 26.5 Å². The standard InChI is InChI=1S/C19H29N3O3/c1-15(2)18(23)20-9-10-21(3)19(24)17-14-22(11-12-25-17)13-16-7-5-4-6-8-16/h4-8,15,17H,9-14H2,1-3H3,(H,20,23). The van der Waals surface area contributed by atoms with Gasteiger partial charge in [0, 0.05) is 45.7 Å². The first-order valence-corrected chi connectivity index (χ1v) is 8.88. The quantitative estimate of drug-likeness (QED) is 0.803. The van der Waals surface area contributed by atoms with Gasteiger partial charge in [-0.05, 0) is 5.56 Å². The Hall–Kier alpha value is -1.92. The monoisotopic (exact) mass is 347 g/mol. The molecule has 1 aromatic carbocycles. The summed E-state index contributed by atoms with van der Waals surface area (Å²) < 4.78 is 5.67. The van der Waals surface area contributed by atoms with Crippen LogP contribution in [0.2, 0.25) is 0 Å². The summed E-state index contributed by atoms with van der Waals surface area (Å²) in [5.41, 5.74) is 1.24. The number of carbonyl (C=O) groups excluding carboxylic acids is 2. The Kier molecular flexibility index (Phi) is 7.40. The molecule has 1 atom stereocenters. The summed E-state index contributed by atoms with van der Waals surface area (Å²) in [7, 11) is 1.75. The second kappa shape index (κ2) is 9.53. The molecule has 1 aromatic rings. The van der Waals surface area contributed by atoms with Gasteiger partial charge in [0.2, 0.25) is 5.91 Å². The second-order valence-electron chi connectivity index (χ2n) is 6.79. The molecule has 0 bridgehead atoms. The Morgan fingerprint density at radius 2 is 2.04 bits per heavy atom. The fourth-order valence-corrected chi connectivity index (χ4v) is 2.74. The number of benzene rings is 1. The average molecular weight is 347 g/mol. The van der Waals surface area contributed by atoms with Crippen molar-refractivity contribution in [3.8, 4) is 0 Å². The van der Waals surface area contributed by atoms with E-state index in [0.29, 0.717) is 26.2 Å². The number of hydrogen-bond donors (Lipinski definition) is 1. The molecule has 2 amide bonds. The second-order valence-corrected chi connectivity index (χ2v) is 6.79. The highest BCUT2D eigenvalue weighted by Gasteiger charge is 2.28. The maximum atomic E-state index is 12.6. The van der Waals surface area contributed by atoms with Crippen LogP contribution in [0.5, 0.6) is 0 Å². The third-order valence-electron chi connectivity index (χ3n) is 4.32. The fraction of sp³-hybridized carbons (Fsp3) is 0.579. The topological polar surface area (TPSA) is 61.9 Å². The molecule has 25 heavy (non-hydrogen) atoms. The molecule has 138 valence electrons. The average Bonchev–Trinajstić information content (AvgIpc) is 2.61. The molecule has 2 rings (SSSR count). The van der Waals surface area contributed by atoms with Gasteiger partial charge in [-0.1, -0.05) is 44.2 Å². The van der Waals surface area contributed by atoms with Crippen molar-refractivity contribution in [3.63, 3.8) is 0 Å². The van der Waals surface area contributed by atoms with Crippen LogP contribution >= 0.6 is 0 Å². The maximum absolute atomic E-state index is 12.6. The first kappa shape index (κ1) is 19.4. The summed E-state index contributed by atoms with van der Waals surface area (Å²) in [6, 6.07) is 10.2. The number of likely N-dealkylation sites (N-methyl/N-ethyl adjacent to an activating group) is 1. The van der Waals surface area contributed by atoms with Crippen molar-refractivity contribution in [3.05, 3.63) is 35.9 Å². The summed E-state index contributed by atoms with van der Waals surface area (Å²) in [4.78, 5) is 28.0. The van der Waals surface area contributed by atoms with E-state index < -0.39 is 6.10 Å². The van der Waals surface area contributed by atoms with Gasteiger partial charge in [0.25, 0.3) is 5.91 Å². The highest BCUT2D eigenvalue weighted by Crippen LogP contribution is 2.12. The first-order valence-electron chi connectivity index (χ1n) is 8.88. The zero-order valence-corrected chi connectivity index (χ0v) is 15.4. The van der Waals surface area contributed by atoms with Gasteiger partial charge in [-0.3, -0.25) is 14.5 Å². The van der Waals surface area contributed by atoms with Crippen LogP contribution in [0.1, 0.15) is 19.4 Å². The number of carbonyl (C=O) groups is 2. The highest BCUT2D eigenvalue weighted by atomic mass is 16.5. The lowest BCUT2D eigenvalue weighted by molar-refractivity contribution is -0.148. The molecule has 0 saturated carbocycles. The molecule has 6 nitrogen and oxygen atoms in total. The van der Waals surface area contributed by atoms with Crippen molar-refractivity contribution in [1.82, 2.24) is 15.1 Å². The van der Waals surface area contributed by atoms with Crippen LogP contribution in [0.4, 0.5) is 0 Å². The number of rotatable bonds is 7. The van der Waals surface area contributed by atoms with Gasteiger partial charge >= 0.3 is 0 Å². The number of ether oxygens (including phenoxy) is 1. The van der Waals surface area contributed by atoms with E-state index in [-0.39, 0.29) is 17.7 Å². The lowest BCUT2D eigenvalue weighted by atomic mass is 10.2. The van der Waals surface area contributed by atoms with E-state index in [1.54, 1.807) is 11.9 Å². The zero-order chi connectivity index (χ0) is 18.2. The summed E-state index contributed by atoms with van der Waals surface area (Å²) in [5.74, 6) is -0.0745. The molecule has 1 saturated heterocycles. The maximum Gasteiger partial charge on any atom is 0.252 e. The van der Waals surface area contributed by atoms with Gasteiger partial charge in [0.05, 0.1) is 6.61 Å². The van der Waals surface area contributed by atoms with Crippen LogP contribution in [0.3, 0.4) is 0 Å². The number of nitrogens with zero attached hydrogens (tertiary/aromatic N) is 2. The third-order valence-corrected chi connectivity index (χ3v) is 4.32. The zero-order valence-electron chi connectivity index (χ0n) is 15.4. The largest absolute Gasteiger partial charge is 0.366 e. The van der Waals surface area contributed by atoms with E-state index in [9.17, 15) is 9.59 Å². The Balaban J connectivity index is 1.79. The van der Waals surface area contributed by atoms with Crippen LogP contribution in [-0.2, 0) is 20.9 Å². The van der Waals surface area contributed by atoms with E-state index in [1.165, 1.54) is 5.56 Å². The predicted octanol–water partition coefficient (Wildman–Crippen LogP) is 1.12. The van der Waals surface area contributed by atoms with Gasteiger partial charge in [-0.15, -0.1) is 0 Å². The van der Waals surface area contributed by atoms with Gasteiger partial charge in [0.15, 0.2) is 0 Å². The van der Waals surface area contributed by atoms with Crippen LogP contribution in [0.25, 0.3) is 0 Å². The lowest BCUT2D eigenvalue weighted by Crippen LogP contribution is -2.51. The number of morpholine rings is 1. The van der Waals surface area contributed by atoms with Crippen LogP contribution in [0, 0.1) is 5.92 Å². The van der Waals surface area contributed by atoms with Crippen LogP contribution in [-0.4, -0.2) is 67.6 Å². The molecular formula is C19H29N3O3. The summed E-state index contributed by atoms with van der Waals surface area (Å²) >= 11 is 0. The van der Waals surface area contributed by atoms with Gasteiger partial charge in [-0.25, -0.2) is 0 Å². The summed E-state index contributed by atoms with van der Waals surface area (Å²) in [6.07, 6.45) is -0.441. The van der Waals surface area contributed by atoms with Crippen molar-refractivity contribution in [2.24, 2.45) is 5.92 Å². The Morgan fingerprint density at radius 3 is 2.72 bits per heavy atom. The normalized spacial score (nSPS) is 18.2. The number of hydrogen-bond acceptors (Lipinski definition) is 4. The van der Waals surface area contributed by atoms with E-state index in [1.807, 2.05) is 32.0 Å². The van der Waals surface area contributed by atoms with Crippen molar-refractivity contribution >= 4 is 11.8 Å². The van der Waals surface area contributed by atoms with Gasteiger partial charge in [-0.2, -0.15) is 0 Å². The highest BCUT2D eigenvalue weighted by molar-refractivity contribution is 5.81. The Bertz CT molecular complexity index is 562. The summed E-state index contributed by atoms with van der Waals surface area (Å²) in [5, 5.41) is 2.83. The van der Waals surface area contributed by atoms with Crippen LogP contribution < -0.4 is 5.32 Å². The van der Waals surface area contributed by atoms with E-state index in [4.69, 9.17) is 4.74 Å². The van der Waals surface area contributed by atoms with Gasteiger partial charge in [0.1, 0.15) is 6.10 Å². The van der Waals surface area contributed by atoms with Crippen molar-refractivity contribution in [1.29, 1.82) is 0 Å². The molecule has 6 heteroatoms. The molecule has 1 heterocycles. The predicted molar refractivity (Wildman–Crippen MR) is 96.9 cm³/mol. The molecule has 1 aliphatic heterocycles. The minimum absolute atomic E-state index is 0.00352. The third kappa shape index (κ3) is 6.14. The molecule has 0 aromatic heterocycles. The molecule has 1 fully saturated rings. The molecule has 0 spiro atoms. The van der Waals surface area contributed by atoms with E-state index in [2.05, 4.69) is 22.3 Å². The first-order chi connectivity index (χ1) is 12.0.